The predicted octanol–water partition coefficient (Wildman–Crippen LogP) is 3.76. The lowest BCUT2D eigenvalue weighted by Crippen LogP contribution is -2.35. The summed E-state index contributed by atoms with van der Waals surface area (Å²) >= 11 is 0. The lowest BCUT2D eigenvalue weighted by Gasteiger charge is -2.28. The Labute approximate surface area is 149 Å². The Morgan fingerprint density at radius 2 is 1.72 bits per heavy atom. The molecule has 25 heavy (non-hydrogen) atoms. The smallest absolute Gasteiger partial charge is 0.261 e. The molecule has 4 heteroatoms. The van der Waals surface area contributed by atoms with Crippen LogP contribution in [0.4, 0.5) is 5.69 Å². The molecular formula is C21H26N2O2. The zero-order valence-electron chi connectivity index (χ0n) is 14.8. The first-order chi connectivity index (χ1) is 12.2. The number of benzene rings is 2. The van der Waals surface area contributed by atoms with Crippen molar-refractivity contribution in [3.63, 3.8) is 0 Å². The third-order valence-corrected chi connectivity index (χ3v) is 4.55. The highest BCUT2D eigenvalue weighted by molar-refractivity contribution is 5.80. The first kappa shape index (κ1) is 17.3. The van der Waals surface area contributed by atoms with E-state index in [0.29, 0.717) is 12.3 Å². The zero-order chi connectivity index (χ0) is 17.5. The third kappa shape index (κ3) is 4.99. The Balaban J connectivity index is 1.48. The van der Waals surface area contributed by atoms with Crippen LogP contribution in [-0.2, 0) is 11.3 Å². The number of anilines is 1. The summed E-state index contributed by atoms with van der Waals surface area (Å²) in [6.45, 7) is 4.57. The SMILES string of the molecule is C[C@H](Oc1ccccc1)C(=O)NCc1ccc(N2CCCCC2)cc1. The molecule has 0 aromatic heterocycles. The molecule has 1 heterocycles. The van der Waals surface area contributed by atoms with Crippen molar-refractivity contribution in [3.8, 4) is 5.75 Å². The quantitative estimate of drug-likeness (QED) is 0.872. The predicted molar refractivity (Wildman–Crippen MR) is 101 cm³/mol. The Bertz CT molecular complexity index is 664. The van der Waals surface area contributed by atoms with Gasteiger partial charge < -0.3 is 15.0 Å². The summed E-state index contributed by atoms with van der Waals surface area (Å²) in [5, 5.41) is 2.94. The molecule has 0 spiro atoms. The van der Waals surface area contributed by atoms with E-state index in [2.05, 4.69) is 34.5 Å². The molecule has 0 radical (unpaired) electrons. The van der Waals surface area contributed by atoms with Crippen LogP contribution >= 0.6 is 0 Å². The van der Waals surface area contributed by atoms with E-state index in [-0.39, 0.29) is 5.91 Å². The monoisotopic (exact) mass is 338 g/mol. The number of carbonyl (C=O) groups excluding carboxylic acids is 1. The maximum atomic E-state index is 12.2. The lowest BCUT2D eigenvalue weighted by atomic mass is 10.1. The Kier molecular flexibility index (Phi) is 5.94. The van der Waals surface area contributed by atoms with E-state index in [4.69, 9.17) is 4.74 Å². The van der Waals surface area contributed by atoms with Crippen LogP contribution in [0.2, 0.25) is 0 Å². The number of amides is 1. The maximum absolute atomic E-state index is 12.2. The molecule has 0 bridgehead atoms. The minimum absolute atomic E-state index is 0.107. The highest BCUT2D eigenvalue weighted by atomic mass is 16.5. The fourth-order valence-electron chi connectivity index (χ4n) is 3.07. The van der Waals surface area contributed by atoms with Crippen molar-refractivity contribution >= 4 is 11.6 Å². The minimum Gasteiger partial charge on any atom is -0.481 e. The Morgan fingerprint density at radius 1 is 1.04 bits per heavy atom. The van der Waals surface area contributed by atoms with Gasteiger partial charge in [-0.15, -0.1) is 0 Å². The van der Waals surface area contributed by atoms with Gasteiger partial charge in [-0.3, -0.25) is 4.79 Å². The van der Waals surface area contributed by atoms with E-state index in [1.165, 1.54) is 24.9 Å². The number of hydrogen-bond acceptors (Lipinski definition) is 3. The normalized spacial score (nSPS) is 15.5. The zero-order valence-corrected chi connectivity index (χ0v) is 14.8. The van der Waals surface area contributed by atoms with E-state index in [1.807, 2.05) is 30.3 Å². The van der Waals surface area contributed by atoms with Crippen molar-refractivity contribution in [3.05, 3.63) is 60.2 Å². The van der Waals surface area contributed by atoms with Gasteiger partial charge in [0.2, 0.25) is 0 Å². The van der Waals surface area contributed by atoms with Gasteiger partial charge in [-0.25, -0.2) is 0 Å². The molecule has 2 aromatic rings. The molecule has 0 aliphatic carbocycles. The molecule has 1 saturated heterocycles. The molecule has 1 aliphatic rings. The van der Waals surface area contributed by atoms with Gasteiger partial charge >= 0.3 is 0 Å². The summed E-state index contributed by atoms with van der Waals surface area (Å²) < 4.78 is 5.64. The lowest BCUT2D eigenvalue weighted by molar-refractivity contribution is -0.127. The maximum Gasteiger partial charge on any atom is 0.261 e. The summed E-state index contributed by atoms with van der Waals surface area (Å²) in [6.07, 6.45) is 3.37. The first-order valence-corrected chi connectivity index (χ1v) is 9.06. The van der Waals surface area contributed by atoms with Gasteiger partial charge in [-0.2, -0.15) is 0 Å². The van der Waals surface area contributed by atoms with Gasteiger partial charge in [-0.05, 0) is 56.0 Å². The molecule has 2 aromatic carbocycles. The minimum atomic E-state index is -0.518. The average molecular weight is 338 g/mol. The molecule has 1 N–H and O–H groups in total. The fourth-order valence-corrected chi connectivity index (χ4v) is 3.07. The van der Waals surface area contributed by atoms with E-state index < -0.39 is 6.10 Å². The molecule has 4 nitrogen and oxygen atoms in total. The van der Waals surface area contributed by atoms with Gasteiger partial charge in [0, 0.05) is 25.3 Å². The van der Waals surface area contributed by atoms with Crippen LogP contribution in [0, 0.1) is 0 Å². The second-order valence-electron chi connectivity index (χ2n) is 6.51. The molecular weight excluding hydrogens is 312 g/mol. The standard InChI is InChI=1S/C21H26N2O2/c1-17(25-20-8-4-2-5-9-20)21(24)22-16-18-10-12-19(13-11-18)23-14-6-3-7-15-23/h2,4-5,8-13,17H,3,6-7,14-16H2,1H3,(H,22,24)/t17-/m0/s1. The van der Waals surface area contributed by atoms with Crippen molar-refractivity contribution in [2.45, 2.75) is 38.8 Å². The first-order valence-electron chi connectivity index (χ1n) is 9.06. The summed E-state index contributed by atoms with van der Waals surface area (Å²) in [5.74, 6) is 0.597. The Hall–Kier alpha value is -2.49. The van der Waals surface area contributed by atoms with Crippen molar-refractivity contribution in [2.24, 2.45) is 0 Å². The summed E-state index contributed by atoms with van der Waals surface area (Å²) in [5.41, 5.74) is 2.37. The molecule has 1 atom stereocenters. The number of hydrogen-bond donors (Lipinski definition) is 1. The van der Waals surface area contributed by atoms with Gasteiger partial charge in [-0.1, -0.05) is 30.3 Å². The molecule has 1 aliphatic heterocycles. The topological polar surface area (TPSA) is 41.6 Å². The number of carbonyl (C=O) groups is 1. The Morgan fingerprint density at radius 3 is 2.40 bits per heavy atom. The second-order valence-corrected chi connectivity index (χ2v) is 6.51. The largest absolute Gasteiger partial charge is 0.481 e. The van der Waals surface area contributed by atoms with E-state index in [0.717, 1.165) is 18.7 Å². The average Bonchev–Trinajstić information content (AvgIpc) is 2.68. The van der Waals surface area contributed by atoms with Crippen molar-refractivity contribution in [1.29, 1.82) is 0 Å². The fraction of sp³-hybridized carbons (Fsp3) is 0.381. The van der Waals surface area contributed by atoms with Gasteiger partial charge in [0.05, 0.1) is 0 Å². The van der Waals surface area contributed by atoms with Crippen molar-refractivity contribution < 1.29 is 9.53 Å². The molecule has 0 saturated carbocycles. The summed E-state index contributed by atoms with van der Waals surface area (Å²) in [4.78, 5) is 14.6. The van der Waals surface area contributed by atoms with Gasteiger partial charge in [0.15, 0.2) is 6.10 Å². The number of para-hydroxylation sites is 1. The molecule has 1 amide bonds. The molecule has 132 valence electrons. The van der Waals surface area contributed by atoms with E-state index >= 15 is 0 Å². The van der Waals surface area contributed by atoms with Crippen LogP contribution in [0.1, 0.15) is 31.7 Å². The van der Waals surface area contributed by atoms with Crippen molar-refractivity contribution in [1.82, 2.24) is 5.32 Å². The number of nitrogens with zero attached hydrogens (tertiary/aromatic N) is 1. The van der Waals surface area contributed by atoms with E-state index in [9.17, 15) is 4.79 Å². The number of ether oxygens (including phenoxy) is 1. The third-order valence-electron chi connectivity index (χ3n) is 4.55. The van der Waals surface area contributed by atoms with Gasteiger partial charge in [0.25, 0.3) is 5.91 Å². The van der Waals surface area contributed by atoms with Crippen LogP contribution in [0.15, 0.2) is 54.6 Å². The van der Waals surface area contributed by atoms with E-state index in [1.54, 1.807) is 6.92 Å². The van der Waals surface area contributed by atoms with Crippen LogP contribution in [0.3, 0.4) is 0 Å². The summed E-state index contributed by atoms with van der Waals surface area (Å²) in [6, 6.07) is 17.9. The molecule has 1 fully saturated rings. The highest BCUT2D eigenvalue weighted by Gasteiger charge is 2.14. The van der Waals surface area contributed by atoms with Crippen LogP contribution < -0.4 is 15.0 Å². The molecule has 3 rings (SSSR count). The van der Waals surface area contributed by atoms with Crippen LogP contribution in [0.5, 0.6) is 5.75 Å². The summed E-state index contributed by atoms with van der Waals surface area (Å²) in [7, 11) is 0. The van der Waals surface area contributed by atoms with Crippen LogP contribution in [0.25, 0.3) is 0 Å². The van der Waals surface area contributed by atoms with Crippen molar-refractivity contribution in [2.75, 3.05) is 18.0 Å². The molecule has 0 unspecified atom stereocenters. The highest BCUT2D eigenvalue weighted by Crippen LogP contribution is 2.20. The number of nitrogens with one attached hydrogen (secondary N) is 1. The number of piperidine rings is 1. The second kappa shape index (κ2) is 8.56. The van der Waals surface area contributed by atoms with Gasteiger partial charge in [0.1, 0.15) is 5.75 Å². The number of rotatable bonds is 6. The van der Waals surface area contributed by atoms with Crippen LogP contribution in [-0.4, -0.2) is 25.1 Å².